The molecule has 0 aromatic heterocycles. The van der Waals surface area contributed by atoms with E-state index in [0.717, 1.165) is 11.3 Å². The van der Waals surface area contributed by atoms with Crippen LogP contribution in [0.15, 0.2) is 18.2 Å². The van der Waals surface area contributed by atoms with Crippen LogP contribution in [0.3, 0.4) is 0 Å². The number of imide groups is 1. The predicted molar refractivity (Wildman–Crippen MR) is 70.7 cm³/mol. The summed E-state index contributed by atoms with van der Waals surface area (Å²) in [6, 6.07) is 5.59. The Kier molecular flexibility index (Phi) is 3.62. The Bertz CT molecular complexity index is 485. The van der Waals surface area contributed by atoms with Crippen molar-refractivity contribution >= 4 is 23.2 Å². The van der Waals surface area contributed by atoms with E-state index in [2.05, 4.69) is 10.6 Å². The number of hydrogen-bond acceptors (Lipinski definition) is 4. The number of fused-ring (bicyclic) bond motifs is 1. The van der Waals surface area contributed by atoms with Crippen molar-refractivity contribution in [3.63, 3.8) is 0 Å². The first-order valence-electron chi connectivity index (χ1n) is 6.04. The monoisotopic (exact) mass is 247 g/mol. The highest BCUT2D eigenvalue weighted by Crippen LogP contribution is 2.31. The molecule has 1 aliphatic rings. The minimum absolute atomic E-state index is 0.152. The van der Waals surface area contributed by atoms with Crippen LogP contribution >= 0.6 is 0 Å². The molecule has 1 aliphatic heterocycles. The summed E-state index contributed by atoms with van der Waals surface area (Å²) in [5, 5.41) is 5.97. The second-order valence-electron chi connectivity index (χ2n) is 4.17. The van der Waals surface area contributed by atoms with Crippen molar-refractivity contribution < 1.29 is 9.59 Å². The summed E-state index contributed by atoms with van der Waals surface area (Å²) in [6.07, 6.45) is 0.294. The maximum Gasteiger partial charge on any atom is 0.247 e. The van der Waals surface area contributed by atoms with Crippen molar-refractivity contribution in [1.82, 2.24) is 5.32 Å². The number of nitrogens with one attached hydrogen (secondary N) is 2. The number of likely N-dealkylation sites (N-methyl/N-ethyl adjacent to an activating group) is 1. The van der Waals surface area contributed by atoms with Crippen molar-refractivity contribution in [2.75, 3.05) is 30.4 Å². The van der Waals surface area contributed by atoms with Gasteiger partial charge in [-0.25, -0.2) is 4.90 Å². The van der Waals surface area contributed by atoms with Crippen LogP contribution in [-0.4, -0.2) is 32.0 Å². The zero-order valence-corrected chi connectivity index (χ0v) is 10.6. The summed E-state index contributed by atoms with van der Waals surface area (Å²) >= 11 is 0. The van der Waals surface area contributed by atoms with Crippen LogP contribution < -0.4 is 15.5 Å². The summed E-state index contributed by atoms with van der Waals surface area (Å²) in [4.78, 5) is 25.1. The van der Waals surface area contributed by atoms with Crippen LogP contribution in [0.4, 0.5) is 11.4 Å². The number of anilines is 2. The lowest BCUT2D eigenvalue weighted by atomic mass is 10.1. The normalized spacial score (nSPS) is 13.7. The number of nitrogens with zero attached hydrogens (tertiary/aromatic N) is 1. The van der Waals surface area contributed by atoms with Gasteiger partial charge < -0.3 is 10.6 Å². The first kappa shape index (κ1) is 12.6. The topological polar surface area (TPSA) is 61.4 Å². The maximum atomic E-state index is 12.0. The molecule has 2 N–H and O–H groups in total. The third kappa shape index (κ3) is 2.22. The predicted octanol–water partition coefficient (Wildman–Crippen LogP) is 0.753. The van der Waals surface area contributed by atoms with Crippen molar-refractivity contribution in [3.8, 4) is 0 Å². The molecule has 0 unspecified atom stereocenters. The maximum absolute atomic E-state index is 12.0. The molecule has 2 rings (SSSR count). The summed E-state index contributed by atoms with van der Waals surface area (Å²) in [6.45, 7) is 2.82. The van der Waals surface area contributed by atoms with Gasteiger partial charge in [-0.2, -0.15) is 0 Å². The fourth-order valence-corrected chi connectivity index (χ4v) is 2.06. The van der Waals surface area contributed by atoms with E-state index in [1.807, 2.05) is 32.2 Å². The molecule has 2 amide bonds. The molecule has 0 aliphatic carbocycles. The van der Waals surface area contributed by atoms with Crippen LogP contribution in [0, 0.1) is 0 Å². The number of amides is 2. The molecule has 0 saturated carbocycles. The molecular weight excluding hydrogens is 230 g/mol. The standard InChI is InChI=1S/C13H17N3O2/c1-3-15-8-13(18)16-11-5-4-10(14-2)6-9(11)7-12(16)17/h4-6,14-15H,3,7-8H2,1-2H3. The van der Waals surface area contributed by atoms with Crippen LogP contribution in [-0.2, 0) is 16.0 Å². The smallest absolute Gasteiger partial charge is 0.247 e. The lowest BCUT2D eigenvalue weighted by Crippen LogP contribution is -2.40. The van der Waals surface area contributed by atoms with Gasteiger partial charge in [0.2, 0.25) is 11.8 Å². The van der Waals surface area contributed by atoms with Gasteiger partial charge in [-0.15, -0.1) is 0 Å². The zero-order chi connectivity index (χ0) is 13.1. The second-order valence-corrected chi connectivity index (χ2v) is 4.17. The number of hydrogen-bond donors (Lipinski definition) is 2. The average molecular weight is 247 g/mol. The highest BCUT2D eigenvalue weighted by molar-refractivity contribution is 6.19. The Morgan fingerprint density at radius 3 is 2.89 bits per heavy atom. The molecule has 1 aromatic carbocycles. The van der Waals surface area contributed by atoms with Crippen LogP contribution in [0.25, 0.3) is 0 Å². The Hall–Kier alpha value is -1.88. The van der Waals surface area contributed by atoms with E-state index < -0.39 is 0 Å². The minimum Gasteiger partial charge on any atom is -0.388 e. The first-order chi connectivity index (χ1) is 8.67. The summed E-state index contributed by atoms with van der Waals surface area (Å²) in [5.74, 6) is -0.348. The molecule has 5 heteroatoms. The minimum atomic E-state index is -0.196. The van der Waals surface area contributed by atoms with Gasteiger partial charge in [0.25, 0.3) is 0 Å². The van der Waals surface area contributed by atoms with E-state index in [9.17, 15) is 9.59 Å². The van der Waals surface area contributed by atoms with Gasteiger partial charge in [0.1, 0.15) is 0 Å². The number of benzene rings is 1. The summed E-state index contributed by atoms with van der Waals surface area (Å²) in [5.41, 5.74) is 2.56. The molecule has 0 radical (unpaired) electrons. The summed E-state index contributed by atoms with van der Waals surface area (Å²) in [7, 11) is 1.83. The quantitative estimate of drug-likeness (QED) is 0.824. The molecule has 0 atom stereocenters. The molecule has 0 bridgehead atoms. The third-order valence-corrected chi connectivity index (χ3v) is 2.98. The number of carbonyl (C=O) groups is 2. The fourth-order valence-electron chi connectivity index (χ4n) is 2.06. The SMILES string of the molecule is CCNCC(=O)N1C(=O)Cc2cc(NC)ccc21. The molecule has 1 aromatic rings. The molecule has 0 spiro atoms. The van der Waals surface area contributed by atoms with Gasteiger partial charge in [0, 0.05) is 12.7 Å². The van der Waals surface area contributed by atoms with Gasteiger partial charge >= 0.3 is 0 Å². The fraction of sp³-hybridized carbons (Fsp3) is 0.385. The van der Waals surface area contributed by atoms with E-state index in [-0.39, 0.29) is 18.4 Å². The van der Waals surface area contributed by atoms with Gasteiger partial charge in [0.15, 0.2) is 0 Å². The zero-order valence-electron chi connectivity index (χ0n) is 10.6. The Balaban J connectivity index is 2.25. The molecule has 18 heavy (non-hydrogen) atoms. The molecule has 1 heterocycles. The van der Waals surface area contributed by atoms with E-state index in [1.165, 1.54) is 4.90 Å². The molecule has 5 nitrogen and oxygen atoms in total. The first-order valence-corrected chi connectivity index (χ1v) is 6.04. The molecular formula is C13H17N3O2. The number of rotatable bonds is 4. The highest BCUT2D eigenvalue weighted by atomic mass is 16.2. The molecule has 0 fully saturated rings. The Labute approximate surface area is 106 Å². The Morgan fingerprint density at radius 2 is 2.22 bits per heavy atom. The van der Waals surface area contributed by atoms with Crippen molar-refractivity contribution in [2.45, 2.75) is 13.3 Å². The van der Waals surface area contributed by atoms with Crippen molar-refractivity contribution in [3.05, 3.63) is 23.8 Å². The van der Waals surface area contributed by atoms with E-state index in [4.69, 9.17) is 0 Å². The van der Waals surface area contributed by atoms with E-state index >= 15 is 0 Å². The largest absolute Gasteiger partial charge is 0.388 e. The second kappa shape index (κ2) is 5.18. The van der Waals surface area contributed by atoms with Gasteiger partial charge in [-0.1, -0.05) is 6.92 Å². The Morgan fingerprint density at radius 1 is 1.44 bits per heavy atom. The van der Waals surface area contributed by atoms with Gasteiger partial charge in [-0.3, -0.25) is 9.59 Å². The van der Waals surface area contributed by atoms with Gasteiger partial charge in [0.05, 0.1) is 18.7 Å². The van der Waals surface area contributed by atoms with Crippen molar-refractivity contribution in [2.24, 2.45) is 0 Å². The van der Waals surface area contributed by atoms with Crippen molar-refractivity contribution in [1.29, 1.82) is 0 Å². The lowest BCUT2D eigenvalue weighted by molar-refractivity contribution is -0.125. The summed E-state index contributed by atoms with van der Waals surface area (Å²) < 4.78 is 0. The van der Waals surface area contributed by atoms with E-state index in [1.54, 1.807) is 0 Å². The van der Waals surface area contributed by atoms with Gasteiger partial charge in [-0.05, 0) is 30.3 Å². The number of carbonyl (C=O) groups excluding carboxylic acids is 2. The third-order valence-electron chi connectivity index (χ3n) is 2.98. The highest BCUT2D eigenvalue weighted by Gasteiger charge is 2.31. The molecule has 0 saturated heterocycles. The average Bonchev–Trinajstić information content (AvgIpc) is 2.70. The lowest BCUT2D eigenvalue weighted by Gasteiger charge is -2.15. The van der Waals surface area contributed by atoms with Crippen LogP contribution in [0.5, 0.6) is 0 Å². The van der Waals surface area contributed by atoms with Crippen LogP contribution in [0.2, 0.25) is 0 Å². The van der Waals surface area contributed by atoms with Crippen LogP contribution in [0.1, 0.15) is 12.5 Å². The van der Waals surface area contributed by atoms with E-state index in [0.29, 0.717) is 18.7 Å². The molecule has 96 valence electrons.